The lowest BCUT2D eigenvalue weighted by Gasteiger charge is -2.06. The normalized spacial score (nSPS) is 11.2. The molecule has 0 unspecified atom stereocenters. The third-order valence-electron chi connectivity index (χ3n) is 3.47. The van der Waals surface area contributed by atoms with Gasteiger partial charge in [0, 0.05) is 0 Å². The molecule has 0 amide bonds. The van der Waals surface area contributed by atoms with Gasteiger partial charge in [0.1, 0.15) is 23.9 Å². The summed E-state index contributed by atoms with van der Waals surface area (Å²) in [6.07, 6.45) is 3.13. The molecule has 5 heteroatoms. The zero-order valence-electron chi connectivity index (χ0n) is 13.9. The van der Waals surface area contributed by atoms with Crippen LogP contribution < -0.4 is 4.74 Å². The first-order valence-corrected chi connectivity index (χ1v) is 8.96. The number of benzene rings is 1. The monoisotopic (exact) mass is 372 g/mol. The molecule has 25 heavy (non-hydrogen) atoms. The molecule has 2 aromatic heterocycles. The minimum atomic E-state index is -0.0960. The number of hydrogen-bond donors (Lipinski definition) is 0. The Balaban J connectivity index is 1.60. The number of halogens is 1. The van der Waals surface area contributed by atoms with Crippen LogP contribution in [-0.2, 0) is 6.61 Å². The van der Waals surface area contributed by atoms with Gasteiger partial charge in [-0.15, -0.1) is 11.3 Å². The molecule has 1 aromatic carbocycles. The molecule has 0 spiro atoms. The topological polar surface area (TPSA) is 39.4 Å². The van der Waals surface area contributed by atoms with E-state index < -0.39 is 0 Å². The number of hydrogen-bond acceptors (Lipinski definition) is 4. The standard InChI is InChI=1S/C20H17ClO3S/c1-13-9-14(2)11-17(10-13)23-12-16-4-3-15(24-16)5-6-18(22)19-7-8-20(21)25-19/h3-11H,12H2,1-2H3/b6-5+. The summed E-state index contributed by atoms with van der Waals surface area (Å²) in [7, 11) is 0. The molecular weight excluding hydrogens is 356 g/mol. The van der Waals surface area contributed by atoms with Crippen LogP contribution in [-0.4, -0.2) is 5.78 Å². The Morgan fingerprint density at radius 2 is 1.92 bits per heavy atom. The van der Waals surface area contributed by atoms with E-state index in [4.69, 9.17) is 20.8 Å². The number of carbonyl (C=O) groups is 1. The van der Waals surface area contributed by atoms with E-state index in [-0.39, 0.29) is 5.78 Å². The highest BCUT2D eigenvalue weighted by Gasteiger charge is 2.06. The summed E-state index contributed by atoms with van der Waals surface area (Å²) in [4.78, 5) is 12.6. The van der Waals surface area contributed by atoms with Crippen molar-refractivity contribution in [2.75, 3.05) is 0 Å². The average Bonchev–Trinajstić information content (AvgIpc) is 3.19. The maximum Gasteiger partial charge on any atom is 0.195 e. The van der Waals surface area contributed by atoms with E-state index in [1.165, 1.54) is 17.4 Å². The van der Waals surface area contributed by atoms with Crippen LogP contribution in [0.5, 0.6) is 5.75 Å². The molecule has 0 atom stereocenters. The van der Waals surface area contributed by atoms with Gasteiger partial charge in [-0.3, -0.25) is 4.79 Å². The number of ether oxygens (including phenoxy) is 1. The first-order chi connectivity index (χ1) is 12.0. The zero-order valence-corrected chi connectivity index (χ0v) is 15.5. The Labute approximate surface area is 155 Å². The van der Waals surface area contributed by atoms with Gasteiger partial charge in [0.15, 0.2) is 5.78 Å². The lowest BCUT2D eigenvalue weighted by Crippen LogP contribution is -1.94. The van der Waals surface area contributed by atoms with Gasteiger partial charge in [0.05, 0.1) is 9.21 Å². The second-order valence-corrected chi connectivity index (χ2v) is 7.43. The summed E-state index contributed by atoms with van der Waals surface area (Å²) >= 11 is 7.10. The van der Waals surface area contributed by atoms with Crippen LogP contribution in [0.2, 0.25) is 4.34 Å². The van der Waals surface area contributed by atoms with E-state index in [1.54, 1.807) is 18.2 Å². The predicted octanol–water partition coefficient (Wildman–Crippen LogP) is 6.09. The number of rotatable bonds is 6. The number of carbonyl (C=O) groups excluding carboxylic acids is 1. The van der Waals surface area contributed by atoms with E-state index in [0.29, 0.717) is 27.3 Å². The van der Waals surface area contributed by atoms with Gasteiger partial charge < -0.3 is 9.15 Å². The highest BCUT2D eigenvalue weighted by molar-refractivity contribution is 7.18. The zero-order chi connectivity index (χ0) is 17.8. The van der Waals surface area contributed by atoms with Crippen LogP contribution in [0.15, 0.2) is 53.0 Å². The van der Waals surface area contributed by atoms with E-state index in [9.17, 15) is 4.79 Å². The Morgan fingerprint density at radius 3 is 2.60 bits per heavy atom. The van der Waals surface area contributed by atoms with Gasteiger partial charge in [0.2, 0.25) is 0 Å². The fourth-order valence-corrected chi connectivity index (χ4v) is 3.38. The van der Waals surface area contributed by atoms with E-state index in [0.717, 1.165) is 16.9 Å². The van der Waals surface area contributed by atoms with Crippen molar-refractivity contribution < 1.29 is 13.9 Å². The highest BCUT2D eigenvalue weighted by Crippen LogP contribution is 2.23. The summed E-state index contributed by atoms with van der Waals surface area (Å²) in [6, 6.07) is 13.2. The Bertz CT molecular complexity index is 900. The Kier molecular flexibility index (Phi) is 5.41. The van der Waals surface area contributed by atoms with Crippen LogP contribution in [0.25, 0.3) is 6.08 Å². The van der Waals surface area contributed by atoms with Crippen LogP contribution in [0.1, 0.15) is 32.3 Å². The van der Waals surface area contributed by atoms with Crippen LogP contribution in [0.4, 0.5) is 0 Å². The summed E-state index contributed by atoms with van der Waals surface area (Å²) in [5.74, 6) is 2.03. The van der Waals surface area contributed by atoms with Crippen molar-refractivity contribution in [3.8, 4) is 5.75 Å². The van der Waals surface area contributed by atoms with Gasteiger partial charge in [-0.05, 0) is 73.5 Å². The van der Waals surface area contributed by atoms with Gasteiger partial charge in [-0.1, -0.05) is 17.7 Å². The maximum atomic E-state index is 12.0. The van der Waals surface area contributed by atoms with E-state index in [1.807, 2.05) is 38.1 Å². The largest absolute Gasteiger partial charge is 0.486 e. The molecule has 3 nitrogen and oxygen atoms in total. The molecule has 3 rings (SSSR count). The molecule has 2 heterocycles. The Morgan fingerprint density at radius 1 is 1.16 bits per heavy atom. The summed E-state index contributed by atoms with van der Waals surface area (Å²) in [5.41, 5.74) is 2.32. The summed E-state index contributed by atoms with van der Waals surface area (Å²) in [5, 5.41) is 0. The lowest BCUT2D eigenvalue weighted by molar-refractivity contribution is 0.105. The minimum absolute atomic E-state index is 0.0960. The van der Waals surface area contributed by atoms with E-state index >= 15 is 0 Å². The van der Waals surface area contributed by atoms with Gasteiger partial charge in [-0.2, -0.15) is 0 Å². The average molecular weight is 373 g/mol. The molecule has 0 N–H and O–H groups in total. The molecule has 0 aliphatic heterocycles. The number of aryl methyl sites for hydroxylation is 2. The predicted molar refractivity (Wildman–Crippen MR) is 102 cm³/mol. The van der Waals surface area contributed by atoms with Crippen molar-refractivity contribution in [3.63, 3.8) is 0 Å². The van der Waals surface area contributed by atoms with Crippen molar-refractivity contribution in [1.29, 1.82) is 0 Å². The first-order valence-electron chi connectivity index (χ1n) is 7.77. The summed E-state index contributed by atoms with van der Waals surface area (Å²) in [6.45, 7) is 4.41. The SMILES string of the molecule is Cc1cc(C)cc(OCc2ccc(/C=C/C(=O)c3ccc(Cl)s3)o2)c1. The third-order valence-corrected chi connectivity index (χ3v) is 4.72. The molecule has 0 saturated heterocycles. The van der Waals surface area contributed by atoms with Crippen molar-refractivity contribution in [1.82, 2.24) is 0 Å². The molecule has 0 radical (unpaired) electrons. The van der Waals surface area contributed by atoms with Gasteiger partial charge in [0.25, 0.3) is 0 Å². The number of thiophene rings is 1. The van der Waals surface area contributed by atoms with Crippen molar-refractivity contribution >= 4 is 34.8 Å². The van der Waals surface area contributed by atoms with Crippen molar-refractivity contribution in [3.05, 3.63) is 80.4 Å². The molecule has 0 aliphatic carbocycles. The smallest absolute Gasteiger partial charge is 0.195 e. The summed E-state index contributed by atoms with van der Waals surface area (Å²) < 4.78 is 12.0. The fraction of sp³-hybridized carbons (Fsp3) is 0.150. The molecular formula is C20H17ClO3S. The minimum Gasteiger partial charge on any atom is -0.486 e. The van der Waals surface area contributed by atoms with Crippen molar-refractivity contribution in [2.45, 2.75) is 20.5 Å². The fourth-order valence-electron chi connectivity index (χ4n) is 2.42. The van der Waals surface area contributed by atoms with Crippen LogP contribution in [0.3, 0.4) is 0 Å². The second kappa shape index (κ2) is 7.72. The Hall–Kier alpha value is -2.30. The molecule has 0 bridgehead atoms. The second-order valence-electron chi connectivity index (χ2n) is 5.72. The van der Waals surface area contributed by atoms with E-state index in [2.05, 4.69) is 6.07 Å². The maximum absolute atomic E-state index is 12.0. The molecule has 128 valence electrons. The number of allylic oxidation sites excluding steroid dienone is 1. The quantitative estimate of drug-likeness (QED) is 0.388. The molecule has 0 fully saturated rings. The van der Waals surface area contributed by atoms with Crippen molar-refractivity contribution in [2.24, 2.45) is 0 Å². The molecule has 0 aliphatic rings. The third kappa shape index (κ3) is 4.84. The lowest BCUT2D eigenvalue weighted by atomic mass is 10.1. The first kappa shape index (κ1) is 17.5. The molecule has 3 aromatic rings. The van der Waals surface area contributed by atoms with Crippen LogP contribution in [0, 0.1) is 13.8 Å². The van der Waals surface area contributed by atoms with Gasteiger partial charge in [-0.25, -0.2) is 0 Å². The molecule has 0 saturated carbocycles. The van der Waals surface area contributed by atoms with Crippen LogP contribution >= 0.6 is 22.9 Å². The number of ketones is 1. The number of furan rings is 1. The van der Waals surface area contributed by atoms with Gasteiger partial charge >= 0.3 is 0 Å². The highest BCUT2D eigenvalue weighted by atomic mass is 35.5.